The summed E-state index contributed by atoms with van der Waals surface area (Å²) in [6, 6.07) is 35.5. The number of benzene rings is 4. The number of ether oxygens (including phenoxy) is 4. The van der Waals surface area contributed by atoms with Crippen molar-refractivity contribution in [2.45, 2.75) is 49.8 Å². The Kier molecular flexibility index (Phi) is 18.5. The summed E-state index contributed by atoms with van der Waals surface area (Å²) in [5, 5.41) is 1.38. The standard InChI is InChI=1S/2C19H21NO7S/c2*21-18(26-13-15-7-3-1-4-8-15)11-17(28(23,24)25)12-20-19(22)27-14-16-9-5-2-6-10-16/h2*1-10,17H,11-14H2,(H,20,22)(H,23,24,25). The van der Waals surface area contributed by atoms with Gasteiger partial charge >= 0.3 is 24.1 Å². The second-order valence-electron chi connectivity index (χ2n) is 11.9. The van der Waals surface area contributed by atoms with E-state index in [1.54, 1.807) is 97.1 Å². The Bertz CT molecular complexity index is 1890. The van der Waals surface area contributed by atoms with Crippen LogP contribution in [0.15, 0.2) is 121 Å². The molecule has 2 amide bonds. The molecule has 0 aliphatic heterocycles. The monoisotopic (exact) mass is 814 g/mol. The minimum absolute atomic E-state index is 0.00231. The van der Waals surface area contributed by atoms with Crippen molar-refractivity contribution in [1.82, 2.24) is 10.6 Å². The maximum atomic E-state index is 11.9. The van der Waals surface area contributed by atoms with Crippen molar-refractivity contribution in [3.05, 3.63) is 144 Å². The third kappa shape index (κ3) is 18.5. The third-order valence-corrected chi connectivity index (χ3v) is 9.84. The SMILES string of the molecule is O=C(CC(CNC(=O)OCc1ccccc1)S(=O)(=O)O)OCc1ccccc1.O=C(CC(CNC(=O)OCc1ccccc1)S(=O)(=O)O)OCc1ccccc1. The highest BCUT2D eigenvalue weighted by atomic mass is 32.2. The van der Waals surface area contributed by atoms with Gasteiger partial charge in [0.15, 0.2) is 0 Å². The smallest absolute Gasteiger partial charge is 0.407 e. The molecule has 4 aromatic carbocycles. The van der Waals surface area contributed by atoms with Crippen LogP contribution in [-0.2, 0) is 75.2 Å². The molecule has 0 radical (unpaired) electrons. The number of alkyl carbamates (subject to hydrolysis) is 2. The Hall–Kier alpha value is -5.82. The second-order valence-corrected chi connectivity index (χ2v) is 15.3. The lowest BCUT2D eigenvalue weighted by Crippen LogP contribution is -2.38. The molecule has 4 rings (SSSR count). The van der Waals surface area contributed by atoms with Crippen molar-refractivity contribution >= 4 is 44.4 Å². The molecule has 0 spiro atoms. The lowest BCUT2D eigenvalue weighted by atomic mass is 10.2. The van der Waals surface area contributed by atoms with Crippen LogP contribution in [0.3, 0.4) is 0 Å². The van der Waals surface area contributed by atoms with E-state index in [4.69, 9.17) is 18.9 Å². The lowest BCUT2D eigenvalue weighted by molar-refractivity contribution is -0.145. The average molecular weight is 815 g/mol. The molecule has 0 saturated carbocycles. The maximum absolute atomic E-state index is 11.9. The topological polar surface area (TPSA) is 238 Å². The van der Waals surface area contributed by atoms with Crippen LogP contribution in [0.2, 0.25) is 0 Å². The van der Waals surface area contributed by atoms with Gasteiger partial charge in [-0.1, -0.05) is 121 Å². The first-order valence-corrected chi connectivity index (χ1v) is 19.9. The van der Waals surface area contributed by atoms with E-state index < -0.39 is 80.8 Å². The average Bonchev–Trinajstić information content (AvgIpc) is 3.18. The molecule has 0 saturated heterocycles. The summed E-state index contributed by atoms with van der Waals surface area (Å²) in [5.41, 5.74) is 2.99. The van der Waals surface area contributed by atoms with E-state index in [2.05, 4.69) is 10.6 Å². The fraction of sp³-hybridized carbons (Fsp3) is 0.263. The highest BCUT2D eigenvalue weighted by Crippen LogP contribution is 2.10. The number of rotatable bonds is 18. The summed E-state index contributed by atoms with van der Waals surface area (Å²) in [6.45, 7) is -1.03. The van der Waals surface area contributed by atoms with Gasteiger partial charge in [-0.25, -0.2) is 9.59 Å². The molecule has 2 unspecified atom stereocenters. The second kappa shape index (κ2) is 23.2. The predicted octanol–water partition coefficient (Wildman–Crippen LogP) is 4.61. The summed E-state index contributed by atoms with van der Waals surface area (Å²) in [7, 11) is -9.15. The summed E-state index contributed by atoms with van der Waals surface area (Å²) < 4.78 is 84.5. The molecule has 16 nitrogen and oxygen atoms in total. The minimum atomic E-state index is -4.58. The zero-order chi connectivity index (χ0) is 40.8. The van der Waals surface area contributed by atoms with E-state index in [9.17, 15) is 45.1 Å². The highest BCUT2D eigenvalue weighted by Gasteiger charge is 2.29. The Morgan fingerprint density at radius 3 is 0.946 bits per heavy atom. The molecule has 2 atom stereocenters. The molecular weight excluding hydrogens is 773 g/mol. The number of esters is 2. The van der Waals surface area contributed by atoms with E-state index in [0.29, 0.717) is 0 Å². The molecule has 4 N–H and O–H groups in total. The fourth-order valence-electron chi connectivity index (χ4n) is 4.47. The molecule has 0 bridgehead atoms. The zero-order valence-electron chi connectivity index (χ0n) is 30.0. The number of hydrogen-bond acceptors (Lipinski definition) is 12. The number of hydrogen-bond donors (Lipinski definition) is 4. The molecule has 0 aliphatic carbocycles. The lowest BCUT2D eigenvalue weighted by Gasteiger charge is -2.14. The highest BCUT2D eigenvalue weighted by molar-refractivity contribution is 7.86. The first-order valence-electron chi connectivity index (χ1n) is 16.9. The summed E-state index contributed by atoms with van der Waals surface area (Å²) in [5.74, 6) is -1.63. The molecule has 0 fully saturated rings. The summed E-state index contributed by atoms with van der Waals surface area (Å²) >= 11 is 0. The van der Waals surface area contributed by atoms with Gasteiger partial charge in [0, 0.05) is 13.1 Å². The van der Waals surface area contributed by atoms with Gasteiger partial charge in [0.25, 0.3) is 20.2 Å². The Labute approximate surface area is 324 Å². The van der Waals surface area contributed by atoms with Crippen molar-refractivity contribution < 1.29 is 64.1 Å². The van der Waals surface area contributed by atoms with Gasteiger partial charge in [0.05, 0.1) is 12.8 Å². The van der Waals surface area contributed by atoms with E-state index in [-0.39, 0.29) is 26.4 Å². The van der Waals surface area contributed by atoms with Gasteiger partial charge in [-0.05, 0) is 22.3 Å². The predicted molar refractivity (Wildman–Crippen MR) is 202 cm³/mol. The summed E-state index contributed by atoms with van der Waals surface area (Å²) in [4.78, 5) is 47.2. The van der Waals surface area contributed by atoms with E-state index in [1.807, 2.05) is 24.3 Å². The molecule has 56 heavy (non-hydrogen) atoms. The molecule has 0 aliphatic rings. The molecule has 18 heteroatoms. The van der Waals surface area contributed by atoms with Gasteiger partial charge in [0.2, 0.25) is 0 Å². The van der Waals surface area contributed by atoms with Gasteiger partial charge in [-0.2, -0.15) is 16.8 Å². The van der Waals surface area contributed by atoms with Crippen LogP contribution >= 0.6 is 0 Å². The Morgan fingerprint density at radius 2 is 0.696 bits per heavy atom. The van der Waals surface area contributed by atoms with Gasteiger partial charge in [-0.3, -0.25) is 18.7 Å². The van der Waals surface area contributed by atoms with Crippen LogP contribution in [0.5, 0.6) is 0 Å². The van der Waals surface area contributed by atoms with Crippen molar-refractivity contribution in [1.29, 1.82) is 0 Å². The maximum Gasteiger partial charge on any atom is 0.407 e. The van der Waals surface area contributed by atoms with Crippen LogP contribution in [-0.4, -0.2) is 73.7 Å². The van der Waals surface area contributed by atoms with Gasteiger partial charge in [0.1, 0.15) is 36.9 Å². The van der Waals surface area contributed by atoms with Gasteiger partial charge in [-0.15, -0.1) is 0 Å². The Balaban J connectivity index is 0.000000300. The first-order chi connectivity index (χ1) is 26.7. The minimum Gasteiger partial charge on any atom is -0.461 e. The van der Waals surface area contributed by atoms with Crippen LogP contribution < -0.4 is 10.6 Å². The fourth-order valence-corrected chi connectivity index (χ4v) is 5.76. The number of amides is 2. The van der Waals surface area contributed by atoms with E-state index in [1.165, 1.54) is 0 Å². The van der Waals surface area contributed by atoms with Crippen LogP contribution in [0.4, 0.5) is 9.59 Å². The molecule has 300 valence electrons. The quantitative estimate of drug-likeness (QED) is 0.0610. The number of carbonyl (C=O) groups excluding carboxylic acids is 4. The molecule has 0 heterocycles. The van der Waals surface area contributed by atoms with Crippen LogP contribution in [0.25, 0.3) is 0 Å². The zero-order valence-corrected chi connectivity index (χ0v) is 31.6. The van der Waals surface area contributed by atoms with Crippen molar-refractivity contribution in [2.24, 2.45) is 0 Å². The number of carbonyl (C=O) groups is 4. The van der Waals surface area contributed by atoms with E-state index in [0.717, 1.165) is 22.3 Å². The van der Waals surface area contributed by atoms with Gasteiger partial charge < -0.3 is 29.6 Å². The van der Waals surface area contributed by atoms with Crippen molar-refractivity contribution in [3.8, 4) is 0 Å². The van der Waals surface area contributed by atoms with E-state index >= 15 is 0 Å². The van der Waals surface area contributed by atoms with Crippen molar-refractivity contribution in [3.63, 3.8) is 0 Å². The summed E-state index contributed by atoms with van der Waals surface area (Å²) in [6.07, 6.45) is -2.94. The van der Waals surface area contributed by atoms with Crippen molar-refractivity contribution in [2.75, 3.05) is 13.1 Å². The Morgan fingerprint density at radius 1 is 0.446 bits per heavy atom. The largest absolute Gasteiger partial charge is 0.461 e. The third-order valence-electron chi connectivity index (χ3n) is 7.49. The molecular formula is C38H42N2O14S2. The normalized spacial score (nSPS) is 12.0. The number of nitrogens with one attached hydrogen (secondary N) is 2. The molecule has 4 aromatic rings. The molecule has 0 aromatic heterocycles. The van der Waals surface area contributed by atoms with Crippen LogP contribution in [0.1, 0.15) is 35.1 Å². The van der Waals surface area contributed by atoms with Crippen LogP contribution in [0, 0.1) is 0 Å². The first kappa shape index (κ1) is 44.6.